The molecule has 6 atom stereocenters. The molecule has 0 bridgehead atoms. The molecule has 1 fully saturated rings. The Kier molecular flexibility index (Phi) is 4.09. The van der Waals surface area contributed by atoms with Crippen LogP contribution in [-0.2, 0) is 11.2 Å². The summed E-state index contributed by atoms with van der Waals surface area (Å²) in [5.74, 6) is 0. The van der Waals surface area contributed by atoms with Crippen LogP contribution in [0.1, 0.15) is 5.56 Å². The molecule has 7 heteroatoms. The number of halogens is 1. The van der Waals surface area contributed by atoms with Gasteiger partial charge < -0.3 is 30.1 Å². The maximum atomic E-state index is 10.2. The van der Waals surface area contributed by atoms with Gasteiger partial charge in [0.15, 0.2) is 6.23 Å². The van der Waals surface area contributed by atoms with Crippen LogP contribution in [0.15, 0.2) is 24.3 Å². The van der Waals surface area contributed by atoms with E-state index in [-0.39, 0.29) is 0 Å². The minimum atomic E-state index is -1.41. The fourth-order valence-corrected chi connectivity index (χ4v) is 3.36. The summed E-state index contributed by atoms with van der Waals surface area (Å²) in [5.41, 5.74) is 1.42. The second-order valence-electron chi connectivity index (χ2n) is 5.39. The van der Waals surface area contributed by atoms with Crippen molar-refractivity contribution in [3.05, 3.63) is 29.8 Å². The summed E-state index contributed by atoms with van der Waals surface area (Å²) in [6.45, 7) is -0.454. The van der Waals surface area contributed by atoms with E-state index in [0.29, 0.717) is 6.42 Å². The maximum absolute atomic E-state index is 10.2. The fourth-order valence-electron chi connectivity index (χ4n) is 2.97. The molecule has 2 heterocycles. The number of para-hydroxylation sites is 1. The standard InChI is InChI=1S/C14H18ClNO5/c15-10-5-7-3-1-2-4-8(7)16(10)14-13(20)12(19)11(18)9(6-17)21-14/h1-4,9-14,17-20H,5-6H2/t9-,10?,11-,12+,13-,14-/m1/s1. The van der Waals surface area contributed by atoms with E-state index in [1.165, 1.54) is 0 Å². The lowest BCUT2D eigenvalue weighted by atomic mass is 9.97. The van der Waals surface area contributed by atoms with Crippen molar-refractivity contribution >= 4 is 17.3 Å². The predicted molar refractivity (Wildman–Crippen MR) is 76.0 cm³/mol. The zero-order valence-electron chi connectivity index (χ0n) is 11.2. The number of hydrogen-bond donors (Lipinski definition) is 4. The summed E-state index contributed by atoms with van der Waals surface area (Å²) in [5, 5.41) is 39.2. The van der Waals surface area contributed by atoms with Gasteiger partial charge in [0.05, 0.1) is 6.61 Å². The van der Waals surface area contributed by atoms with Crippen LogP contribution in [0, 0.1) is 0 Å². The smallest absolute Gasteiger partial charge is 0.160 e. The molecule has 0 radical (unpaired) electrons. The molecule has 2 aliphatic rings. The summed E-state index contributed by atoms with van der Waals surface area (Å²) >= 11 is 6.35. The summed E-state index contributed by atoms with van der Waals surface area (Å²) in [6, 6.07) is 7.55. The Morgan fingerprint density at radius 2 is 1.86 bits per heavy atom. The second kappa shape index (κ2) is 5.72. The monoisotopic (exact) mass is 315 g/mol. The molecule has 0 aliphatic carbocycles. The van der Waals surface area contributed by atoms with E-state index in [4.69, 9.17) is 16.3 Å². The highest BCUT2D eigenvalue weighted by Crippen LogP contribution is 2.38. The fraction of sp³-hybridized carbons (Fsp3) is 0.571. The van der Waals surface area contributed by atoms with Gasteiger partial charge in [0.2, 0.25) is 0 Å². The topological polar surface area (TPSA) is 93.4 Å². The number of alkyl halides is 1. The first-order chi connectivity index (χ1) is 10.0. The van der Waals surface area contributed by atoms with Crippen LogP contribution in [0.4, 0.5) is 5.69 Å². The highest BCUT2D eigenvalue weighted by atomic mass is 35.5. The first-order valence-corrected chi connectivity index (χ1v) is 7.29. The summed E-state index contributed by atoms with van der Waals surface area (Å²) < 4.78 is 5.57. The molecule has 6 nitrogen and oxygen atoms in total. The Hall–Kier alpha value is -0.890. The molecule has 1 aromatic carbocycles. The Morgan fingerprint density at radius 1 is 1.14 bits per heavy atom. The normalized spacial score (nSPS) is 39.4. The zero-order chi connectivity index (χ0) is 15.1. The third-order valence-electron chi connectivity index (χ3n) is 4.10. The number of ether oxygens (including phenoxy) is 1. The van der Waals surface area contributed by atoms with Gasteiger partial charge in [-0.15, -0.1) is 0 Å². The van der Waals surface area contributed by atoms with Crippen LogP contribution in [0.5, 0.6) is 0 Å². The first-order valence-electron chi connectivity index (χ1n) is 6.85. The molecule has 1 saturated heterocycles. The lowest BCUT2D eigenvalue weighted by molar-refractivity contribution is -0.228. The van der Waals surface area contributed by atoms with Gasteiger partial charge in [-0.05, 0) is 11.6 Å². The number of fused-ring (bicyclic) bond motifs is 1. The minimum Gasteiger partial charge on any atom is -0.394 e. The third kappa shape index (κ3) is 2.42. The van der Waals surface area contributed by atoms with E-state index in [0.717, 1.165) is 11.3 Å². The summed E-state index contributed by atoms with van der Waals surface area (Å²) in [4.78, 5) is 1.68. The Balaban J connectivity index is 1.92. The predicted octanol–water partition coefficient (Wildman–Crippen LogP) is -0.586. The van der Waals surface area contributed by atoms with Gasteiger partial charge in [-0.25, -0.2) is 0 Å². The molecule has 21 heavy (non-hydrogen) atoms. The van der Waals surface area contributed by atoms with Crippen LogP contribution >= 0.6 is 11.6 Å². The number of nitrogens with zero attached hydrogens (tertiary/aromatic N) is 1. The Bertz CT molecular complexity index is 514. The average molecular weight is 316 g/mol. The molecule has 0 spiro atoms. The van der Waals surface area contributed by atoms with Gasteiger partial charge in [-0.2, -0.15) is 0 Å². The van der Waals surface area contributed by atoms with E-state index in [9.17, 15) is 20.4 Å². The summed E-state index contributed by atoms with van der Waals surface area (Å²) in [7, 11) is 0. The third-order valence-corrected chi connectivity index (χ3v) is 4.47. The molecule has 116 valence electrons. The first kappa shape index (κ1) is 15.0. The average Bonchev–Trinajstić information content (AvgIpc) is 2.81. The van der Waals surface area contributed by atoms with Gasteiger partial charge in [0, 0.05) is 12.1 Å². The van der Waals surface area contributed by atoms with Crippen molar-refractivity contribution < 1.29 is 25.2 Å². The lowest BCUT2D eigenvalue weighted by Gasteiger charge is -2.45. The Labute approximate surface area is 127 Å². The quantitative estimate of drug-likeness (QED) is 0.431. The van der Waals surface area contributed by atoms with Crippen molar-refractivity contribution in [2.75, 3.05) is 11.5 Å². The zero-order valence-corrected chi connectivity index (χ0v) is 12.0. The lowest BCUT2D eigenvalue weighted by Crippen LogP contribution is -2.64. The van der Waals surface area contributed by atoms with E-state index in [1.54, 1.807) is 4.90 Å². The highest BCUT2D eigenvalue weighted by molar-refractivity contribution is 6.22. The molecule has 1 unspecified atom stereocenters. The SMILES string of the molecule is OC[C@H]1O[C@@H](N2c3ccccc3CC2Cl)[C@H](O)[C@@H](O)[C@@H]1O. The number of anilines is 1. The molecule has 0 saturated carbocycles. The van der Waals surface area contributed by atoms with Crippen molar-refractivity contribution in [1.29, 1.82) is 0 Å². The summed E-state index contributed by atoms with van der Waals surface area (Å²) in [6.07, 6.45) is -5.37. The second-order valence-corrected chi connectivity index (χ2v) is 5.90. The number of benzene rings is 1. The van der Waals surface area contributed by atoms with Crippen molar-refractivity contribution in [1.82, 2.24) is 0 Å². The Morgan fingerprint density at radius 3 is 2.57 bits per heavy atom. The van der Waals surface area contributed by atoms with Gasteiger partial charge in [-0.3, -0.25) is 0 Å². The molecular weight excluding hydrogens is 298 g/mol. The molecule has 3 rings (SSSR count). The van der Waals surface area contributed by atoms with E-state index in [1.807, 2.05) is 24.3 Å². The van der Waals surface area contributed by atoms with E-state index < -0.39 is 42.8 Å². The molecule has 0 aromatic heterocycles. The maximum Gasteiger partial charge on any atom is 0.160 e. The van der Waals surface area contributed by atoms with Crippen molar-refractivity contribution in [2.24, 2.45) is 0 Å². The number of hydrogen-bond acceptors (Lipinski definition) is 6. The minimum absolute atomic E-state index is 0.427. The van der Waals surface area contributed by atoms with Crippen molar-refractivity contribution in [3.8, 4) is 0 Å². The van der Waals surface area contributed by atoms with Gasteiger partial charge in [0.25, 0.3) is 0 Å². The van der Waals surface area contributed by atoms with Crippen LogP contribution in [0.3, 0.4) is 0 Å². The molecule has 1 aromatic rings. The molecule has 4 N–H and O–H groups in total. The van der Waals surface area contributed by atoms with Gasteiger partial charge >= 0.3 is 0 Å². The van der Waals surface area contributed by atoms with Gasteiger partial charge in [0.1, 0.15) is 29.9 Å². The highest BCUT2D eigenvalue weighted by Gasteiger charge is 2.48. The molecular formula is C14H18ClNO5. The van der Waals surface area contributed by atoms with E-state index in [2.05, 4.69) is 0 Å². The van der Waals surface area contributed by atoms with Crippen molar-refractivity contribution in [3.63, 3.8) is 0 Å². The number of rotatable bonds is 2. The van der Waals surface area contributed by atoms with Crippen LogP contribution in [0.2, 0.25) is 0 Å². The largest absolute Gasteiger partial charge is 0.394 e. The number of aliphatic hydroxyl groups is 4. The van der Waals surface area contributed by atoms with E-state index >= 15 is 0 Å². The van der Waals surface area contributed by atoms with Crippen molar-refractivity contribution in [2.45, 2.75) is 42.6 Å². The number of aliphatic hydroxyl groups excluding tert-OH is 4. The van der Waals surface area contributed by atoms with Gasteiger partial charge in [-0.1, -0.05) is 29.8 Å². The van der Waals surface area contributed by atoms with Crippen LogP contribution < -0.4 is 4.90 Å². The van der Waals surface area contributed by atoms with Crippen LogP contribution in [-0.4, -0.2) is 63.2 Å². The molecule has 2 aliphatic heterocycles. The molecule has 0 amide bonds. The van der Waals surface area contributed by atoms with Crippen LogP contribution in [0.25, 0.3) is 0 Å².